The van der Waals surface area contributed by atoms with Crippen molar-refractivity contribution in [3.05, 3.63) is 11.6 Å². The maximum Gasteiger partial charge on any atom is 0.404 e. The molecule has 1 fully saturated rings. The average Bonchev–Trinajstić information content (AvgIpc) is 2.32. The first-order chi connectivity index (χ1) is 8.85. The number of halogens is 1. The van der Waals surface area contributed by atoms with Crippen LogP contribution in [0.25, 0.3) is 0 Å². The molecule has 0 amide bonds. The highest BCUT2D eigenvalue weighted by Gasteiger charge is 2.47. The third kappa shape index (κ3) is 2.78. The van der Waals surface area contributed by atoms with Gasteiger partial charge in [-0.15, -0.1) is 0 Å². The molecule has 19 heavy (non-hydrogen) atoms. The Morgan fingerprint density at radius 2 is 2.16 bits per heavy atom. The molecule has 0 aromatic carbocycles. The van der Waals surface area contributed by atoms with E-state index in [1.807, 2.05) is 13.8 Å². The van der Waals surface area contributed by atoms with E-state index >= 15 is 0 Å². The van der Waals surface area contributed by atoms with Gasteiger partial charge in [-0.25, -0.2) is 4.79 Å². The summed E-state index contributed by atoms with van der Waals surface area (Å²) in [6, 6.07) is 0. The van der Waals surface area contributed by atoms with Crippen LogP contribution in [0.3, 0.4) is 0 Å². The average molecular weight is 287 g/mol. The number of hydrogen-bond acceptors (Lipinski definition) is 4. The Hall–Kier alpha value is -1.03. The fraction of sp³-hybridized carbons (Fsp3) is 0.714. The molecular formula is C14H19ClO4. The third-order valence-electron chi connectivity index (χ3n) is 4.24. The Morgan fingerprint density at radius 3 is 2.74 bits per heavy atom. The number of allylic oxidation sites excluding steroid dienone is 1. The molecule has 0 N–H and O–H groups in total. The molecule has 0 radical (unpaired) electrons. The topological polar surface area (TPSA) is 52.6 Å². The van der Waals surface area contributed by atoms with Gasteiger partial charge in [0.1, 0.15) is 6.10 Å². The molecule has 2 aliphatic rings. The first-order valence-corrected chi connectivity index (χ1v) is 6.87. The molecule has 2 aliphatic carbocycles. The minimum Gasteiger partial charge on any atom is -0.469 e. The predicted molar refractivity (Wildman–Crippen MR) is 70.8 cm³/mol. The van der Waals surface area contributed by atoms with Crippen LogP contribution in [0, 0.1) is 17.3 Å². The summed E-state index contributed by atoms with van der Waals surface area (Å²) in [7, 11) is 1.41. The minimum atomic E-state index is -0.779. The van der Waals surface area contributed by atoms with Crippen molar-refractivity contribution in [2.24, 2.45) is 17.3 Å². The fourth-order valence-electron chi connectivity index (χ4n) is 3.60. The normalized spacial score (nSPS) is 37.3. The SMILES string of the molecule is COC(=O)C1(C)CC2=CC(C)C(OC(=O)Cl)C(C2)C1. The van der Waals surface area contributed by atoms with Crippen LogP contribution in [0.2, 0.25) is 0 Å². The van der Waals surface area contributed by atoms with Crippen molar-refractivity contribution >= 4 is 23.0 Å². The molecule has 0 aliphatic heterocycles. The zero-order chi connectivity index (χ0) is 14.2. The summed E-state index contributed by atoms with van der Waals surface area (Å²) < 4.78 is 10.1. The van der Waals surface area contributed by atoms with E-state index in [0.29, 0.717) is 6.42 Å². The summed E-state index contributed by atoms with van der Waals surface area (Å²) in [4.78, 5) is 22.9. The fourth-order valence-corrected chi connectivity index (χ4v) is 3.70. The van der Waals surface area contributed by atoms with Gasteiger partial charge in [-0.2, -0.15) is 0 Å². The number of rotatable bonds is 2. The van der Waals surface area contributed by atoms with Gasteiger partial charge in [-0.1, -0.05) is 18.6 Å². The monoisotopic (exact) mass is 286 g/mol. The maximum absolute atomic E-state index is 11.9. The summed E-state index contributed by atoms with van der Waals surface area (Å²) in [5.41, 5.74) is -0.0572. The summed E-state index contributed by atoms with van der Waals surface area (Å²) in [5.74, 6) is 0.0720. The Morgan fingerprint density at radius 1 is 1.47 bits per heavy atom. The molecule has 0 aromatic rings. The minimum absolute atomic E-state index is 0.135. The first-order valence-electron chi connectivity index (χ1n) is 6.50. The molecule has 0 heterocycles. The van der Waals surface area contributed by atoms with Gasteiger partial charge in [-0.3, -0.25) is 4.79 Å². The molecule has 0 spiro atoms. The van der Waals surface area contributed by atoms with Crippen LogP contribution in [0.1, 0.15) is 33.1 Å². The number of methoxy groups -OCH3 is 1. The highest BCUT2D eigenvalue weighted by molar-refractivity contribution is 6.61. The van der Waals surface area contributed by atoms with Crippen molar-refractivity contribution < 1.29 is 19.1 Å². The molecule has 4 atom stereocenters. The van der Waals surface area contributed by atoms with E-state index in [0.717, 1.165) is 12.8 Å². The second-order valence-corrected chi connectivity index (χ2v) is 6.21. The van der Waals surface area contributed by atoms with Crippen LogP contribution in [-0.2, 0) is 14.3 Å². The summed E-state index contributed by atoms with van der Waals surface area (Å²) >= 11 is 5.34. The van der Waals surface area contributed by atoms with Gasteiger partial charge in [0.25, 0.3) is 0 Å². The van der Waals surface area contributed by atoms with Crippen molar-refractivity contribution in [2.45, 2.75) is 39.2 Å². The number of ether oxygens (including phenoxy) is 2. The molecule has 4 unspecified atom stereocenters. The van der Waals surface area contributed by atoms with Crippen molar-refractivity contribution in [1.82, 2.24) is 0 Å². The number of carbonyl (C=O) groups excluding carboxylic acids is 2. The van der Waals surface area contributed by atoms with Crippen LogP contribution < -0.4 is 0 Å². The van der Waals surface area contributed by atoms with E-state index in [-0.39, 0.29) is 23.9 Å². The Labute approximate surface area is 118 Å². The lowest BCUT2D eigenvalue weighted by Gasteiger charge is -2.44. The van der Waals surface area contributed by atoms with Crippen LogP contribution in [0.15, 0.2) is 11.6 Å². The molecule has 1 saturated carbocycles. The third-order valence-corrected chi connectivity index (χ3v) is 4.33. The molecule has 0 saturated heterocycles. The highest BCUT2D eigenvalue weighted by Crippen LogP contribution is 2.48. The second kappa shape index (κ2) is 5.16. The Balaban J connectivity index is 2.24. The number of carbonyl (C=O) groups is 2. The quantitative estimate of drug-likeness (QED) is 0.444. The smallest absolute Gasteiger partial charge is 0.404 e. The second-order valence-electron chi connectivity index (χ2n) is 5.90. The number of fused-ring (bicyclic) bond motifs is 2. The van der Waals surface area contributed by atoms with Crippen LogP contribution in [-0.4, -0.2) is 24.6 Å². The van der Waals surface area contributed by atoms with Crippen molar-refractivity contribution in [3.8, 4) is 0 Å². The van der Waals surface area contributed by atoms with Crippen LogP contribution in [0.4, 0.5) is 4.79 Å². The summed E-state index contributed by atoms with van der Waals surface area (Å²) in [5, 5.41) is 0. The van der Waals surface area contributed by atoms with Crippen molar-refractivity contribution in [2.75, 3.05) is 7.11 Å². The Bertz CT molecular complexity index is 431. The van der Waals surface area contributed by atoms with E-state index in [1.54, 1.807) is 0 Å². The van der Waals surface area contributed by atoms with Crippen LogP contribution >= 0.6 is 11.6 Å². The van der Waals surface area contributed by atoms with E-state index in [2.05, 4.69) is 6.08 Å². The van der Waals surface area contributed by atoms with Gasteiger partial charge in [0.2, 0.25) is 0 Å². The molecule has 5 heteroatoms. The highest BCUT2D eigenvalue weighted by atomic mass is 35.5. The molecule has 2 bridgehead atoms. The van der Waals surface area contributed by atoms with Crippen molar-refractivity contribution in [1.29, 1.82) is 0 Å². The lowest BCUT2D eigenvalue weighted by Crippen LogP contribution is -2.44. The Kier molecular flexibility index (Phi) is 3.90. The van der Waals surface area contributed by atoms with Gasteiger partial charge in [0.05, 0.1) is 12.5 Å². The molecule has 4 nitrogen and oxygen atoms in total. The van der Waals surface area contributed by atoms with E-state index < -0.39 is 10.8 Å². The van der Waals surface area contributed by atoms with E-state index in [9.17, 15) is 9.59 Å². The number of hydrogen-bond donors (Lipinski definition) is 0. The van der Waals surface area contributed by atoms with Gasteiger partial charge in [-0.05, 0) is 26.2 Å². The standard InChI is InChI=1S/C14H19ClO4/c1-8-4-9-5-10(11(8)19-13(15)17)7-14(2,6-9)12(16)18-3/h4,8,10-11H,5-7H2,1-3H3. The van der Waals surface area contributed by atoms with Crippen LogP contribution in [0.5, 0.6) is 0 Å². The zero-order valence-electron chi connectivity index (χ0n) is 11.4. The summed E-state index contributed by atoms with van der Waals surface area (Å²) in [6.07, 6.45) is 4.10. The lowest BCUT2D eigenvalue weighted by atomic mass is 9.63. The zero-order valence-corrected chi connectivity index (χ0v) is 12.2. The van der Waals surface area contributed by atoms with Gasteiger partial charge < -0.3 is 9.47 Å². The van der Waals surface area contributed by atoms with Gasteiger partial charge in [0, 0.05) is 23.4 Å². The summed E-state index contributed by atoms with van der Waals surface area (Å²) in [6.45, 7) is 3.92. The first kappa shape index (κ1) is 14.4. The molecular weight excluding hydrogens is 268 g/mol. The predicted octanol–water partition coefficient (Wildman–Crippen LogP) is 3.29. The molecule has 0 aromatic heterocycles. The van der Waals surface area contributed by atoms with Crippen molar-refractivity contribution in [3.63, 3.8) is 0 Å². The van der Waals surface area contributed by atoms with E-state index in [4.69, 9.17) is 21.1 Å². The largest absolute Gasteiger partial charge is 0.469 e. The van der Waals surface area contributed by atoms with E-state index in [1.165, 1.54) is 12.7 Å². The lowest BCUT2D eigenvalue weighted by molar-refractivity contribution is -0.154. The molecule has 106 valence electrons. The molecule has 2 rings (SSSR count). The van der Waals surface area contributed by atoms with Gasteiger partial charge in [0.15, 0.2) is 0 Å². The number of esters is 1. The maximum atomic E-state index is 11.9. The van der Waals surface area contributed by atoms with Gasteiger partial charge >= 0.3 is 11.4 Å².